The van der Waals surface area contributed by atoms with Gasteiger partial charge in [0.2, 0.25) is 0 Å². The zero-order valence-corrected chi connectivity index (χ0v) is 15.4. The van der Waals surface area contributed by atoms with E-state index in [0.29, 0.717) is 5.91 Å². The van der Waals surface area contributed by atoms with Crippen LogP contribution in [0.3, 0.4) is 0 Å². The Bertz CT molecular complexity index is 574. The maximum atomic E-state index is 13.2. The highest BCUT2D eigenvalue weighted by atomic mass is 31.2. The predicted molar refractivity (Wildman–Crippen MR) is 97.7 cm³/mol. The van der Waals surface area contributed by atoms with Crippen LogP contribution in [-0.2, 0) is 4.79 Å². The van der Waals surface area contributed by atoms with Gasteiger partial charge < -0.3 is 5.32 Å². The molecule has 0 radical (unpaired) electrons. The van der Waals surface area contributed by atoms with Crippen molar-refractivity contribution < 1.29 is 4.79 Å². The lowest BCUT2D eigenvalue weighted by molar-refractivity contribution is -0.116. The molecule has 2 aliphatic rings. The average Bonchev–Trinajstić information content (AvgIpc) is 3.15. The number of carbonyl (C=O) groups excluding carboxylic acids is 1. The van der Waals surface area contributed by atoms with Gasteiger partial charge in [-0.05, 0) is 51.7 Å². The topological polar surface area (TPSA) is 29.1 Å². The lowest BCUT2D eigenvalue weighted by Crippen LogP contribution is -2.34. The summed E-state index contributed by atoms with van der Waals surface area (Å²) >= 11 is 0. The minimum Gasteiger partial charge on any atom is -0.322 e. The third-order valence-corrected chi connectivity index (χ3v) is 12.0. The van der Waals surface area contributed by atoms with Crippen LogP contribution in [0.4, 0.5) is 5.69 Å². The molecule has 0 spiro atoms. The van der Waals surface area contributed by atoms with E-state index in [2.05, 4.69) is 45.1 Å². The van der Waals surface area contributed by atoms with Crippen molar-refractivity contribution in [1.82, 2.24) is 0 Å². The van der Waals surface area contributed by atoms with Crippen LogP contribution >= 0.6 is 7.26 Å². The molecule has 1 saturated carbocycles. The number of carbonyl (C=O) groups is 1. The molecule has 0 atom stereocenters. The molecule has 1 aromatic carbocycles. The van der Waals surface area contributed by atoms with Crippen LogP contribution in [0.25, 0.3) is 0 Å². The molecular weight excluding hydrogens is 289 g/mol. The van der Waals surface area contributed by atoms with E-state index in [9.17, 15) is 4.79 Å². The molecular formula is C19H29NOP+. The van der Waals surface area contributed by atoms with Gasteiger partial charge >= 0.3 is 0 Å². The van der Waals surface area contributed by atoms with Crippen molar-refractivity contribution in [2.45, 2.75) is 58.5 Å². The molecule has 1 aromatic rings. The van der Waals surface area contributed by atoms with Gasteiger partial charge in [-0.2, -0.15) is 0 Å². The van der Waals surface area contributed by atoms with Crippen LogP contribution in [0.2, 0.25) is 0 Å². The number of aryl methyl sites for hydroxylation is 3. The minimum atomic E-state index is -1.06. The zero-order chi connectivity index (χ0) is 16.0. The third-order valence-electron chi connectivity index (χ3n) is 6.00. The first-order valence-corrected chi connectivity index (χ1v) is 11.0. The molecule has 3 heteroatoms. The molecule has 0 unspecified atom stereocenters. The van der Waals surface area contributed by atoms with E-state index in [1.165, 1.54) is 48.0 Å². The Balaban J connectivity index is 1.86. The van der Waals surface area contributed by atoms with E-state index in [4.69, 9.17) is 0 Å². The summed E-state index contributed by atoms with van der Waals surface area (Å²) in [5, 5.41) is 3.36. The molecule has 0 bridgehead atoms. The summed E-state index contributed by atoms with van der Waals surface area (Å²) in [5.41, 5.74) is 4.70. The second-order valence-corrected chi connectivity index (χ2v) is 12.0. The van der Waals surface area contributed by atoms with Crippen LogP contribution in [-0.4, -0.2) is 29.5 Å². The van der Waals surface area contributed by atoms with Gasteiger partial charge in [-0.25, -0.2) is 0 Å². The van der Waals surface area contributed by atoms with E-state index in [0.717, 1.165) is 18.5 Å². The molecule has 22 heavy (non-hydrogen) atoms. The average molecular weight is 318 g/mol. The van der Waals surface area contributed by atoms with Gasteiger partial charge in [0.1, 0.15) is 0 Å². The second-order valence-electron chi connectivity index (χ2n) is 7.38. The van der Waals surface area contributed by atoms with Crippen LogP contribution in [0.15, 0.2) is 12.1 Å². The molecule has 1 N–H and O–H groups in total. The van der Waals surface area contributed by atoms with Gasteiger partial charge in [-0.1, -0.05) is 17.7 Å². The van der Waals surface area contributed by atoms with Gasteiger partial charge in [0.25, 0.3) is 5.91 Å². The van der Waals surface area contributed by atoms with E-state index in [-0.39, 0.29) is 5.16 Å². The Morgan fingerprint density at radius 3 is 2.14 bits per heavy atom. The van der Waals surface area contributed by atoms with Gasteiger partial charge in [0, 0.05) is 25.8 Å². The number of hydrogen-bond acceptors (Lipinski definition) is 1. The first-order valence-electron chi connectivity index (χ1n) is 8.70. The molecule has 3 rings (SSSR count). The first-order chi connectivity index (χ1) is 10.4. The summed E-state index contributed by atoms with van der Waals surface area (Å²) in [4.78, 5) is 13.2. The van der Waals surface area contributed by atoms with Gasteiger partial charge in [-0.15, -0.1) is 0 Å². The smallest absolute Gasteiger partial charge is 0.268 e. The fourth-order valence-electron chi connectivity index (χ4n) is 4.63. The number of rotatable bonds is 4. The fourth-order valence-corrected chi connectivity index (χ4v) is 10.2. The number of amides is 1. The summed E-state index contributed by atoms with van der Waals surface area (Å²) in [7, 11) is -1.06. The number of benzene rings is 1. The van der Waals surface area contributed by atoms with Gasteiger partial charge in [-0.3, -0.25) is 4.79 Å². The lowest BCUT2D eigenvalue weighted by atomic mass is 10.0. The molecule has 2 nitrogen and oxygen atoms in total. The number of nitrogens with one attached hydrogen (secondary N) is 1. The Kier molecular flexibility index (Phi) is 4.10. The zero-order valence-electron chi connectivity index (χ0n) is 14.5. The van der Waals surface area contributed by atoms with Crippen molar-refractivity contribution >= 4 is 18.9 Å². The second kappa shape index (κ2) is 5.64. The van der Waals surface area contributed by atoms with Crippen molar-refractivity contribution in [3.05, 3.63) is 28.8 Å². The Labute approximate surface area is 135 Å². The van der Waals surface area contributed by atoms with Crippen molar-refractivity contribution in [1.29, 1.82) is 0 Å². The number of anilines is 1. The molecule has 1 heterocycles. The normalized spacial score (nSPS) is 21.6. The summed E-state index contributed by atoms with van der Waals surface area (Å²) in [5.74, 6) is 0.333. The molecule has 120 valence electrons. The van der Waals surface area contributed by atoms with Crippen molar-refractivity contribution in [3.63, 3.8) is 0 Å². The predicted octanol–water partition coefficient (Wildman–Crippen LogP) is 4.91. The fraction of sp³-hybridized carbons (Fsp3) is 0.632. The van der Waals surface area contributed by atoms with Crippen molar-refractivity contribution in [2.24, 2.45) is 0 Å². The number of hydrogen-bond donors (Lipinski definition) is 1. The first kappa shape index (κ1) is 16.0. The maximum Gasteiger partial charge on any atom is 0.268 e. The van der Waals surface area contributed by atoms with Crippen LogP contribution in [0.1, 0.15) is 49.3 Å². The minimum absolute atomic E-state index is 0.0298. The molecule has 1 saturated heterocycles. The SMILES string of the molecule is CC[P+]1(C2(C(=O)Nc3c(C)cc(C)cc3C)CC2)CCCC1. The van der Waals surface area contributed by atoms with Crippen molar-refractivity contribution in [2.75, 3.05) is 23.8 Å². The van der Waals surface area contributed by atoms with E-state index in [1.54, 1.807) is 0 Å². The van der Waals surface area contributed by atoms with E-state index in [1.807, 2.05) is 0 Å². The molecule has 1 amide bonds. The highest BCUT2D eigenvalue weighted by molar-refractivity contribution is 7.78. The Morgan fingerprint density at radius 2 is 1.68 bits per heavy atom. The molecule has 1 aliphatic heterocycles. The maximum absolute atomic E-state index is 13.2. The summed E-state index contributed by atoms with van der Waals surface area (Å²) in [6.45, 7) is 8.66. The standard InChI is InChI=1S/C19H28NOP/c1-5-22(10-6-7-11-22)19(8-9-19)18(21)20-17-15(3)12-14(2)13-16(17)4/h12-13H,5-11H2,1-4H3/p+1. The Morgan fingerprint density at radius 1 is 1.14 bits per heavy atom. The quantitative estimate of drug-likeness (QED) is 0.785. The van der Waals surface area contributed by atoms with Crippen LogP contribution in [0, 0.1) is 20.8 Å². The summed E-state index contributed by atoms with van der Waals surface area (Å²) in [6, 6.07) is 4.34. The van der Waals surface area contributed by atoms with Crippen LogP contribution in [0.5, 0.6) is 0 Å². The van der Waals surface area contributed by atoms with Crippen molar-refractivity contribution in [3.8, 4) is 0 Å². The van der Waals surface area contributed by atoms with Gasteiger partial charge in [0.15, 0.2) is 5.16 Å². The third kappa shape index (κ3) is 2.40. The Hall–Kier alpha value is -0.880. The van der Waals surface area contributed by atoms with Crippen LogP contribution < -0.4 is 5.32 Å². The molecule has 0 aromatic heterocycles. The van der Waals surface area contributed by atoms with E-state index >= 15 is 0 Å². The van der Waals surface area contributed by atoms with E-state index < -0.39 is 7.26 Å². The summed E-state index contributed by atoms with van der Waals surface area (Å²) < 4.78 is 0. The highest BCUT2D eigenvalue weighted by Crippen LogP contribution is 2.80. The molecule has 2 fully saturated rings. The largest absolute Gasteiger partial charge is 0.322 e. The summed E-state index contributed by atoms with van der Waals surface area (Å²) in [6.07, 6.45) is 8.91. The monoisotopic (exact) mass is 318 g/mol. The lowest BCUT2D eigenvalue weighted by Gasteiger charge is -2.30. The molecule has 1 aliphatic carbocycles. The van der Waals surface area contributed by atoms with Gasteiger partial charge in [0.05, 0.1) is 18.5 Å². The highest BCUT2D eigenvalue weighted by Gasteiger charge is 2.70.